The van der Waals surface area contributed by atoms with Crippen LogP contribution in [0.15, 0.2) is 60.7 Å². The second kappa shape index (κ2) is 11.2. The van der Waals surface area contributed by atoms with Gasteiger partial charge in [-0.25, -0.2) is 28.3 Å². The van der Waals surface area contributed by atoms with Gasteiger partial charge < -0.3 is 21.1 Å². The summed E-state index contributed by atoms with van der Waals surface area (Å²) >= 11 is 0. The minimum Gasteiger partial charge on any atom is -1.00 e. The number of aromatic carboxylic acids is 2. The van der Waals surface area contributed by atoms with Crippen LogP contribution in [0.3, 0.4) is 0 Å². The van der Waals surface area contributed by atoms with Crippen molar-refractivity contribution in [3.8, 4) is 11.5 Å². The van der Waals surface area contributed by atoms with Crippen LogP contribution < -0.4 is 39.0 Å². The van der Waals surface area contributed by atoms with Crippen molar-refractivity contribution in [3.05, 3.63) is 83.7 Å². The number of hydrogen-bond acceptors (Lipinski definition) is 6. The molecule has 2 aromatic carbocycles. The van der Waals surface area contributed by atoms with Crippen molar-refractivity contribution in [2.75, 3.05) is 13.2 Å². The van der Waals surface area contributed by atoms with Crippen LogP contribution in [0.5, 0.6) is 11.5 Å². The molecule has 8 nitrogen and oxygen atoms in total. The molecular weight excluding hydrogens is 473 g/mol. The Morgan fingerprint density at radius 3 is 1.54 bits per heavy atom. The predicted octanol–water partition coefficient (Wildman–Crippen LogP) is 1.59. The van der Waals surface area contributed by atoms with Gasteiger partial charge in [0.05, 0.1) is 11.0 Å². The maximum atomic E-state index is 13.6. The van der Waals surface area contributed by atoms with E-state index in [4.69, 9.17) is 9.47 Å². The van der Waals surface area contributed by atoms with Crippen molar-refractivity contribution in [2.24, 2.45) is 0 Å². The van der Waals surface area contributed by atoms with Crippen LogP contribution in [0.2, 0.25) is 0 Å². The van der Waals surface area contributed by atoms with Gasteiger partial charge in [0.15, 0.2) is 11.4 Å². The Balaban J connectivity index is 0.00000228. The largest absolute Gasteiger partial charge is 1.00 e. The molecule has 0 amide bonds. The molecule has 11 heteroatoms. The van der Waals surface area contributed by atoms with E-state index < -0.39 is 23.6 Å². The Labute approximate surface area is 220 Å². The van der Waals surface area contributed by atoms with Crippen LogP contribution >= 0.6 is 0 Å². The smallest absolute Gasteiger partial charge is 1.00 e. The average Bonchev–Trinajstić information content (AvgIpc) is 2.80. The first-order valence-electron chi connectivity index (χ1n) is 9.89. The molecule has 0 saturated carbocycles. The molecule has 0 saturated heterocycles. The minimum absolute atomic E-state index is 0. The van der Waals surface area contributed by atoms with Gasteiger partial charge in [0.1, 0.15) is 36.3 Å². The second-order valence-electron chi connectivity index (χ2n) is 7.04. The molecule has 35 heavy (non-hydrogen) atoms. The molecular formula is C24H17F2N2NaO6. The molecule has 0 radical (unpaired) electrons. The third kappa shape index (κ3) is 6.10. The average molecular weight is 490 g/mol. The van der Waals surface area contributed by atoms with E-state index >= 15 is 0 Å². The van der Waals surface area contributed by atoms with E-state index in [1.165, 1.54) is 48.5 Å². The third-order valence-corrected chi connectivity index (χ3v) is 4.74. The van der Waals surface area contributed by atoms with Gasteiger partial charge in [-0.15, -0.1) is 0 Å². The van der Waals surface area contributed by atoms with E-state index in [9.17, 15) is 28.6 Å². The zero-order chi connectivity index (χ0) is 24.2. The molecule has 0 bridgehead atoms. The summed E-state index contributed by atoms with van der Waals surface area (Å²) in [5.74, 6) is -3.24. The van der Waals surface area contributed by atoms with E-state index in [1.807, 2.05) is 0 Å². The summed E-state index contributed by atoms with van der Waals surface area (Å²) in [4.78, 5) is 30.5. The van der Waals surface area contributed by atoms with Gasteiger partial charge in [-0.2, -0.15) is 0 Å². The molecule has 4 aromatic rings. The zero-order valence-corrected chi connectivity index (χ0v) is 20.4. The van der Waals surface area contributed by atoms with Gasteiger partial charge in [0, 0.05) is 22.9 Å². The van der Waals surface area contributed by atoms with Crippen molar-refractivity contribution >= 4 is 33.7 Å². The second-order valence-corrected chi connectivity index (χ2v) is 7.04. The van der Waals surface area contributed by atoms with Gasteiger partial charge in [-0.1, -0.05) is 0 Å². The first-order valence-corrected chi connectivity index (χ1v) is 9.89. The van der Waals surface area contributed by atoms with E-state index in [2.05, 4.69) is 9.97 Å². The fourth-order valence-electron chi connectivity index (χ4n) is 3.20. The van der Waals surface area contributed by atoms with Crippen LogP contribution in [0.25, 0.3) is 21.8 Å². The molecule has 2 N–H and O–H groups in total. The van der Waals surface area contributed by atoms with E-state index in [-0.39, 0.29) is 78.1 Å². The summed E-state index contributed by atoms with van der Waals surface area (Å²) in [6, 6.07) is 9.88. The topological polar surface area (TPSA) is 119 Å². The van der Waals surface area contributed by atoms with Crippen molar-refractivity contribution in [2.45, 2.75) is 0 Å². The molecule has 4 rings (SSSR count). The number of benzene rings is 2. The Hall–Kier alpha value is -3.60. The van der Waals surface area contributed by atoms with E-state index in [0.29, 0.717) is 10.8 Å². The summed E-state index contributed by atoms with van der Waals surface area (Å²) in [5.41, 5.74) is 0.0594. The Morgan fingerprint density at radius 1 is 0.771 bits per heavy atom. The molecule has 0 aliphatic heterocycles. The maximum absolute atomic E-state index is 13.6. The minimum atomic E-state index is -1.25. The predicted molar refractivity (Wildman–Crippen MR) is 119 cm³/mol. The van der Waals surface area contributed by atoms with Gasteiger partial charge in [0.2, 0.25) is 0 Å². The quantitative estimate of drug-likeness (QED) is 0.282. The Bertz CT molecular complexity index is 1360. The Kier molecular flexibility index (Phi) is 8.34. The van der Waals surface area contributed by atoms with Gasteiger partial charge >= 0.3 is 41.5 Å². The third-order valence-electron chi connectivity index (χ3n) is 4.74. The standard InChI is InChI=1S/C24H16F2N2O6.Na.H/c25-13-3-5-17-15(9-13)21(11-19(27-17)23(29)30)33-7-1-2-8-34-22-12-20(24(31)32)28-18-6-4-14(26)10-16(18)22;;/h1-6,9-12H,7-8H2,(H,29,30)(H,31,32);;/q;+1;-1/b2-1+;;. The molecule has 0 aliphatic carbocycles. The summed E-state index contributed by atoms with van der Waals surface area (Å²) in [6.45, 7) is 0.00822. The Morgan fingerprint density at radius 2 is 1.17 bits per heavy atom. The van der Waals surface area contributed by atoms with Crippen LogP contribution in [0.1, 0.15) is 22.4 Å². The van der Waals surface area contributed by atoms with Gasteiger partial charge in [-0.05, 0) is 48.6 Å². The summed E-state index contributed by atoms with van der Waals surface area (Å²) in [6.07, 6.45) is 3.15. The fourth-order valence-corrected chi connectivity index (χ4v) is 3.20. The van der Waals surface area contributed by atoms with E-state index in [1.54, 1.807) is 12.2 Å². The van der Waals surface area contributed by atoms with Crippen LogP contribution in [0, 0.1) is 11.6 Å². The number of carbonyl (C=O) groups is 2. The normalized spacial score (nSPS) is 10.9. The summed E-state index contributed by atoms with van der Waals surface area (Å²) < 4.78 is 38.5. The van der Waals surface area contributed by atoms with Crippen molar-refractivity contribution in [1.29, 1.82) is 0 Å². The number of carboxylic acid groups (broad SMARTS) is 2. The summed E-state index contributed by atoms with van der Waals surface area (Å²) in [5, 5.41) is 19.1. The number of ether oxygens (including phenoxy) is 2. The number of nitrogens with zero attached hydrogens (tertiary/aromatic N) is 2. The van der Waals surface area contributed by atoms with Crippen molar-refractivity contribution in [3.63, 3.8) is 0 Å². The monoisotopic (exact) mass is 490 g/mol. The molecule has 0 fully saturated rings. The number of halogens is 2. The molecule has 0 aliphatic rings. The number of hydrogen-bond donors (Lipinski definition) is 2. The number of fused-ring (bicyclic) bond motifs is 2. The SMILES string of the molecule is O=C(O)c1cc(OC/C=C/COc2cc(C(=O)O)nc3ccc(F)cc23)c2cc(F)ccc2n1.[H-].[Na+]. The first kappa shape index (κ1) is 26.0. The van der Waals surface area contributed by atoms with Crippen LogP contribution in [0.4, 0.5) is 8.78 Å². The van der Waals surface area contributed by atoms with Crippen molar-refractivity contribution < 1.29 is 69.0 Å². The van der Waals surface area contributed by atoms with E-state index in [0.717, 1.165) is 0 Å². The molecule has 2 aromatic heterocycles. The first-order chi connectivity index (χ1) is 16.3. The van der Waals surface area contributed by atoms with Crippen LogP contribution in [-0.2, 0) is 0 Å². The number of pyridine rings is 2. The van der Waals surface area contributed by atoms with Crippen molar-refractivity contribution in [1.82, 2.24) is 9.97 Å². The molecule has 2 heterocycles. The molecule has 0 unspecified atom stereocenters. The molecule has 0 atom stereocenters. The number of rotatable bonds is 8. The van der Waals surface area contributed by atoms with Gasteiger partial charge in [-0.3, -0.25) is 0 Å². The maximum Gasteiger partial charge on any atom is 1.00 e. The number of carboxylic acids is 2. The zero-order valence-electron chi connectivity index (χ0n) is 19.4. The molecule has 174 valence electrons. The molecule has 0 spiro atoms. The van der Waals surface area contributed by atoms with Crippen LogP contribution in [-0.4, -0.2) is 45.3 Å². The fraction of sp³-hybridized carbons (Fsp3) is 0.0833. The summed E-state index contributed by atoms with van der Waals surface area (Å²) in [7, 11) is 0. The number of aromatic nitrogens is 2. The van der Waals surface area contributed by atoms with Gasteiger partial charge in [0.25, 0.3) is 0 Å².